The highest BCUT2D eigenvalue weighted by molar-refractivity contribution is 7.45. The van der Waals surface area contributed by atoms with Crippen LogP contribution in [0.25, 0.3) is 0 Å². The van der Waals surface area contributed by atoms with Crippen LogP contribution in [0.3, 0.4) is 0 Å². The minimum Gasteiger partial charge on any atom is -0.756 e. The molecule has 0 rings (SSSR count). The molecule has 9 heteroatoms. The number of hydrogen-bond acceptors (Lipinski definition) is 6. The number of carbonyl (C=O) groups excluding carboxylic acids is 1. The van der Waals surface area contributed by atoms with Crippen molar-refractivity contribution in [2.24, 2.45) is 0 Å². The van der Waals surface area contributed by atoms with Crippen LogP contribution in [-0.4, -0.2) is 68.5 Å². The third-order valence-electron chi connectivity index (χ3n) is 7.25. The van der Waals surface area contributed by atoms with Crippen LogP contribution >= 0.6 is 7.82 Å². The van der Waals surface area contributed by atoms with Gasteiger partial charge in [0.2, 0.25) is 5.91 Å². The average Bonchev–Trinajstić information content (AvgIpc) is 2.90. The van der Waals surface area contributed by atoms with E-state index in [-0.39, 0.29) is 19.1 Å². The molecule has 2 N–H and O–H groups in total. The molecule has 244 valence electrons. The van der Waals surface area contributed by atoms with E-state index in [0.717, 1.165) is 64.2 Å². The fourth-order valence-corrected chi connectivity index (χ4v) is 5.22. The minimum absolute atomic E-state index is 0.0106. The van der Waals surface area contributed by atoms with E-state index >= 15 is 0 Å². The summed E-state index contributed by atoms with van der Waals surface area (Å²) in [5, 5.41) is 13.6. The average molecular weight is 605 g/mol. The number of aliphatic hydroxyl groups excluding tert-OH is 1. The first kappa shape index (κ1) is 40.2. The van der Waals surface area contributed by atoms with E-state index in [2.05, 4.69) is 31.3 Å². The number of hydrogen-bond donors (Lipinski definition) is 2. The fourth-order valence-electron chi connectivity index (χ4n) is 4.50. The number of aliphatic hydroxyl groups is 1. The second-order valence-corrected chi connectivity index (χ2v) is 13.9. The molecule has 0 radical (unpaired) electrons. The Balaban J connectivity index is 4.39. The van der Waals surface area contributed by atoms with Gasteiger partial charge >= 0.3 is 0 Å². The van der Waals surface area contributed by atoms with Crippen LogP contribution in [0, 0.1) is 0 Å². The van der Waals surface area contributed by atoms with E-state index in [9.17, 15) is 19.4 Å². The Kier molecular flexibility index (Phi) is 25.2. The molecule has 0 saturated carbocycles. The van der Waals surface area contributed by atoms with Crippen LogP contribution in [0.5, 0.6) is 0 Å². The molecule has 3 unspecified atom stereocenters. The molecule has 0 aliphatic rings. The van der Waals surface area contributed by atoms with Crippen molar-refractivity contribution in [3.05, 3.63) is 12.2 Å². The van der Waals surface area contributed by atoms with Crippen LogP contribution in [-0.2, 0) is 18.4 Å². The van der Waals surface area contributed by atoms with Crippen molar-refractivity contribution in [1.29, 1.82) is 0 Å². The van der Waals surface area contributed by atoms with Crippen molar-refractivity contribution in [2.45, 2.75) is 148 Å². The van der Waals surface area contributed by atoms with Crippen LogP contribution in [0.1, 0.15) is 136 Å². The largest absolute Gasteiger partial charge is 0.756 e. The Hall–Kier alpha value is -0.760. The van der Waals surface area contributed by atoms with Gasteiger partial charge in [-0.05, 0) is 38.5 Å². The van der Waals surface area contributed by atoms with Crippen molar-refractivity contribution >= 4 is 13.7 Å². The minimum atomic E-state index is -4.54. The van der Waals surface area contributed by atoms with Crippen molar-refractivity contribution in [2.75, 3.05) is 40.9 Å². The number of nitrogens with one attached hydrogen (secondary N) is 1. The van der Waals surface area contributed by atoms with Gasteiger partial charge in [0.05, 0.1) is 39.9 Å². The van der Waals surface area contributed by atoms with Gasteiger partial charge < -0.3 is 28.8 Å². The quantitative estimate of drug-likeness (QED) is 0.0410. The van der Waals surface area contributed by atoms with Gasteiger partial charge in [-0.3, -0.25) is 9.36 Å². The van der Waals surface area contributed by atoms with Gasteiger partial charge in [0.1, 0.15) is 13.2 Å². The van der Waals surface area contributed by atoms with Crippen LogP contribution in [0.4, 0.5) is 0 Å². The molecule has 0 spiro atoms. The Morgan fingerprint density at radius 3 is 1.90 bits per heavy atom. The Labute approximate surface area is 252 Å². The first-order valence-corrected chi connectivity index (χ1v) is 18.0. The van der Waals surface area contributed by atoms with E-state index in [4.69, 9.17) is 9.05 Å². The molecule has 8 nitrogen and oxygen atoms in total. The number of allylic oxidation sites excluding steroid dienone is 2. The summed E-state index contributed by atoms with van der Waals surface area (Å²) < 4.78 is 22.9. The van der Waals surface area contributed by atoms with Crippen LogP contribution in [0.15, 0.2) is 12.2 Å². The maximum atomic E-state index is 12.6. The zero-order valence-electron chi connectivity index (χ0n) is 27.2. The summed E-state index contributed by atoms with van der Waals surface area (Å²) in [7, 11) is 1.29. The van der Waals surface area contributed by atoms with Crippen molar-refractivity contribution in [1.82, 2.24) is 5.32 Å². The zero-order chi connectivity index (χ0) is 30.8. The smallest absolute Gasteiger partial charge is 0.268 e. The second kappa shape index (κ2) is 25.7. The molecule has 0 saturated heterocycles. The summed E-state index contributed by atoms with van der Waals surface area (Å²) in [5.41, 5.74) is 0. The number of nitrogens with zero attached hydrogens (tertiary/aromatic N) is 1. The number of unbranched alkanes of at least 4 members (excludes halogenated alkanes) is 14. The van der Waals surface area contributed by atoms with Gasteiger partial charge in [-0.2, -0.15) is 0 Å². The lowest BCUT2D eigenvalue weighted by Crippen LogP contribution is -2.46. The van der Waals surface area contributed by atoms with Gasteiger partial charge in [-0.25, -0.2) is 0 Å². The molecule has 0 bridgehead atoms. The molecule has 3 atom stereocenters. The summed E-state index contributed by atoms with van der Waals surface area (Å²) in [6.45, 7) is 4.58. The zero-order valence-corrected chi connectivity index (χ0v) is 28.1. The molecular formula is C32H65N2O6P. The SMILES string of the molecule is CCCCCCC/C=C\CCCCCCCC(=O)NC(COP(=O)([O-])OCC[N+](C)(C)C)C(O)CCCCCCC. The van der Waals surface area contributed by atoms with Crippen LogP contribution < -0.4 is 10.2 Å². The molecule has 1 amide bonds. The number of phosphoric ester groups is 1. The highest BCUT2D eigenvalue weighted by atomic mass is 31.2. The van der Waals surface area contributed by atoms with Gasteiger partial charge in [0, 0.05) is 6.42 Å². The van der Waals surface area contributed by atoms with Crippen LogP contribution in [0.2, 0.25) is 0 Å². The van der Waals surface area contributed by atoms with Gasteiger partial charge in [0.25, 0.3) is 7.82 Å². The fraction of sp³-hybridized carbons (Fsp3) is 0.906. The van der Waals surface area contributed by atoms with E-state index in [1.807, 2.05) is 21.1 Å². The first-order chi connectivity index (χ1) is 19.5. The Morgan fingerprint density at radius 2 is 1.34 bits per heavy atom. The lowest BCUT2D eigenvalue weighted by molar-refractivity contribution is -0.870. The number of amides is 1. The van der Waals surface area contributed by atoms with Crippen molar-refractivity contribution < 1.29 is 32.9 Å². The van der Waals surface area contributed by atoms with E-state index in [1.54, 1.807) is 0 Å². The first-order valence-electron chi connectivity index (χ1n) is 16.5. The lowest BCUT2D eigenvalue weighted by atomic mass is 10.0. The normalized spacial score (nSPS) is 15.2. The number of carbonyl (C=O) groups is 1. The molecule has 0 aliphatic carbocycles. The summed E-state index contributed by atoms with van der Waals surface area (Å²) in [6, 6.07) is -0.795. The van der Waals surface area contributed by atoms with Gasteiger partial charge in [-0.1, -0.05) is 103 Å². The molecule has 0 aromatic heterocycles. The molecule has 0 fully saturated rings. The summed E-state index contributed by atoms with van der Waals surface area (Å²) >= 11 is 0. The van der Waals surface area contributed by atoms with Crippen molar-refractivity contribution in [3.8, 4) is 0 Å². The highest BCUT2D eigenvalue weighted by Crippen LogP contribution is 2.38. The topological polar surface area (TPSA) is 108 Å². The van der Waals surface area contributed by atoms with Crippen molar-refractivity contribution in [3.63, 3.8) is 0 Å². The number of rotatable bonds is 29. The predicted octanol–water partition coefficient (Wildman–Crippen LogP) is 7.05. The molecule has 0 aromatic rings. The van der Waals surface area contributed by atoms with Gasteiger partial charge in [0.15, 0.2) is 0 Å². The molecule has 0 aromatic carbocycles. The Morgan fingerprint density at radius 1 is 0.829 bits per heavy atom. The number of likely N-dealkylation sites (N-methyl/N-ethyl adjacent to an activating group) is 1. The molecular weight excluding hydrogens is 539 g/mol. The predicted molar refractivity (Wildman–Crippen MR) is 169 cm³/mol. The van der Waals surface area contributed by atoms with E-state index in [1.165, 1.54) is 44.9 Å². The monoisotopic (exact) mass is 604 g/mol. The second-order valence-electron chi connectivity index (χ2n) is 12.5. The standard InChI is InChI=1S/C32H65N2O6P/c1-6-8-10-12-13-14-15-16-17-18-19-20-22-24-26-32(36)33-30(31(35)25-23-21-11-9-7-2)29-40-41(37,38)39-28-27-34(3,4)5/h15-16,30-31,35H,6-14,17-29H2,1-5H3,(H-,33,36,37,38)/b16-15-. The molecule has 0 heterocycles. The third kappa shape index (κ3) is 27.8. The maximum Gasteiger partial charge on any atom is 0.268 e. The number of phosphoric acid groups is 1. The molecule has 0 aliphatic heterocycles. The Bertz CT molecular complexity index is 698. The lowest BCUT2D eigenvalue weighted by Gasteiger charge is -2.30. The van der Waals surface area contributed by atoms with Gasteiger partial charge in [-0.15, -0.1) is 0 Å². The summed E-state index contributed by atoms with van der Waals surface area (Å²) in [6.07, 6.45) is 23.9. The summed E-state index contributed by atoms with van der Waals surface area (Å²) in [4.78, 5) is 24.9. The highest BCUT2D eigenvalue weighted by Gasteiger charge is 2.24. The van der Waals surface area contributed by atoms with E-state index < -0.39 is 20.0 Å². The summed E-state index contributed by atoms with van der Waals surface area (Å²) in [5.74, 6) is -0.183. The number of quaternary nitrogens is 1. The third-order valence-corrected chi connectivity index (χ3v) is 8.22. The van der Waals surface area contributed by atoms with E-state index in [0.29, 0.717) is 23.9 Å². The molecule has 41 heavy (non-hydrogen) atoms. The maximum absolute atomic E-state index is 12.6.